The Morgan fingerprint density at radius 3 is 2.83 bits per heavy atom. The van der Waals surface area contributed by atoms with Gasteiger partial charge < -0.3 is 19.5 Å². The molecule has 30 heavy (non-hydrogen) atoms. The van der Waals surface area contributed by atoms with Crippen molar-refractivity contribution in [1.29, 1.82) is 0 Å². The number of dihydropyridines is 1. The first-order valence-electron chi connectivity index (χ1n) is 10.8. The molecule has 4 rings (SSSR count). The number of hydrogen-bond donors (Lipinski definition) is 1. The second-order valence-electron chi connectivity index (χ2n) is 7.97. The average molecular weight is 411 g/mol. The Morgan fingerprint density at radius 1 is 1.23 bits per heavy atom. The van der Waals surface area contributed by atoms with Gasteiger partial charge in [-0.25, -0.2) is 4.79 Å². The Balaban J connectivity index is 1.73. The number of rotatable bonds is 6. The van der Waals surface area contributed by atoms with Crippen molar-refractivity contribution in [3.8, 4) is 5.75 Å². The van der Waals surface area contributed by atoms with Gasteiger partial charge in [0.25, 0.3) is 0 Å². The fourth-order valence-corrected chi connectivity index (χ4v) is 4.59. The second kappa shape index (κ2) is 9.04. The van der Waals surface area contributed by atoms with Gasteiger partial charge in [0.05, 0.1) is 24.2 Å². The molecular weight excluding hydrogens is 382 g/mol. The zero-order chi connectivity index (χ0) is 21.1. The minimum Gasteiger partial charge on any atom is -0.494 e. The molecule has 2 atom stereocenters. The van der Waals surface area contributed by atoms with Crippen LogP contribution in [0.15, 0.2) is 46.8 Å². The van der Waals surface area contributed by atoms with E-state index >= 15 is 0 Å². The van der Waals surface area contributed by atoms with Crippen LogP contribution in [0.2, 0.25) is 0 Å². The molecule has 3 aliphatic rings. The molecule has 2 heterocycles. The first kappa shape index (κ1) is 20.7. The zero-order valence-electron chi connectivity index (χ0n) is 17.7. The van der Waals surface area contributed by atoms with Gasteiger partial charge in [-0.1, -0.05) is 18.2 Å². The number of benzene rings is 1. The molecule has 1 aliphatic carbocycles. The van der Waals surface area contributed by atoms with Gasteiger partial charge in [0.15, 0.2) is 5.78 Å². The van der Waals surface area contributed by atoms with Gasteiger partial charge in [0, 0.05) is 35.6 Å². The summed E-state index contributed by atoms with van der Waals surface area (Å²) in [5, 5.41) is 3.32. The molecule has 160 valence electrons. The van der Waals surface area contributed by atoms with E-state index in [1.165, 1.54) is 0 Å². The van der Waals surface area contributed by atoms with Crippen LogP contribution in [0.4, 0.5) is 0 Å². The quantitative estimate of drug-likeness (QED) is 0.719. The molecule has 0 radical (unpaired) electrons. The van der Waals surface area contributed by atoms with Gasteiger partial charge in [0.1, 0.15) is 12.4 Å². The molecule has 1 aromatic rings. The van der Waals surface area contributed by atoms with E-state index in [0.29, 0.717) is 36.5 Å². The van der Waals surface area contributed by atoms with E-state index in [1.54, 1.807) is 0 Å². The zero-order valence-corrected chi connectivity index (χ0v) is 17.7. The maximum atomic E-state index is 13.2. The first-order chi connectivity index (χ1) is 14.6. The Morgan fingerprint density at radius 2 is 2.07 bits per heavy atom. The SMILES string of the molecule is CCOc1ccccc1[C@H]1C(C(=O)OC[C@H]2CCCO2)=C(C)NC2=C1C(=O)CCC2. The molecule has 6 nitrogen and oxygen atoms in total. The maximum absolute atomic E-state index is 13.2. The van der Waals surface area contributed by atoms with Crippen molar-refractivity contribution in [2.75, 3.05) is 19.8 Å². The summed E-state index contributed by atoms with van der Waals surface area (Å²) in [6, 6.07) is 7.64. The summed E-state index contributed by atoms with van der Waals surface area (Å²) in [6.07, 6.45) is 3.94. The topological polar surface area (TPSA) is 73.9 Å². The van der Waals surface area contributed by atoms with E-state index < -0.39 is 11.9 Å². The Labute approximate surface area is 177 Å². The van der Waals surface area contributed by atoms with Gasteiger partial charge in [-0.15, -0.1) is 0 Å². The first-order valence-corrected chi connectivity index (χ1v) is 10.8. The predicted molar refractivity (Wildman–Crippen MR) is 112 cm³/mol. The van der Waals surface area contributed by atoms with Crippen molar-refractivity contribution < 1.29 is 23.8 Å². The number of nitrogens with one attached hydrogen (secondary N) is 1. The molecule has 0 spiro atoms. The lowest BCUT2D eigenvalue weighted by Crippen LogP contribution is -2.35. The smallest absolute Gasteiger partial charge is 0.336 e. The average Bonchev–Trinajstić information content (AvgIpc) is 3.26. The van der Waals surface area contributed by atoms with Crippen LogP contribution in [0, 0.1) is 0 Å². The molecular formula is C24H29NO5. The number of carbonyl (C=O) groups is 2. The lowest BCUT2D eigenvalue weighted by Gasteiger charge is -2.34. The number of esters is 1. The molecule has 0 amide bonds. The van der Waals surface area contributed by atoms with E-state index in [2.05, 4.69) is 5.32 Å². The van der Waals surface area contributed by atoms with Crippen LogP contribution in [0.3, 0.4) is 0 Å². The number of ketones is 1. The van der Waals surface area contributed by atoms with E-state index in [4.69, 9.17) is 14.2 Å². The highest BCUT2D eigenvalue weighted by Crippen LogP contribution is 2.45. The predicted octanol–water partition coefficient (Wildman–Crippen LogP) is 3.78. The van der Waals surface area contributed by atoms with E-state index in [0.717, 1.165) is 42.6 Å². The summed E-state index contributed by atoms with van der Waals surface area (Å²) in [5.74, 6) is -0.128. The third kappa shape index (κ3) is 4.01. The molecule has 0 aromatic heterocycles. The summed E-state index contributed by atoms with van der Waals surface area (Å²) < 4.78 is 17.1. The van der Waals surface area contributed by atoms with Gasteiger partial charge in [-0.05, 0) is 45.6 Å². The van der Waals surface area contributed by atoms with Crippen molar-refractivity contribution in [2.24, 2.45) is 0 Å². The molecule has 6 heteroatoms. The highest BCUT2D eigenvalue weighted by molar-refractivity contribution is 6.04. The minimum atomic E-state index is -0.492. The third-order valence-corrected chi connectivity index (χ3v) is 5.95. The monoisotopic (exact) mass is 411 g/mol. The van der Waals surface area contributed by atoms with Crippen molar-refractivity contribution in [3.63, 3.8) is 0 Å². The van der Waals surface area contributed by atoms with Gasteiger partial charge in [-0.2, -0.15) is 0 Å². The van der Waals surface area contributed by atoms with Crippen LogP contribution in [0.1, 0.15) is 57.4 Å². The van der Waals surface area contributed by atoms with Crippen molar-refractivity contribution in [2.45, 2.75) is 58.0 Å². The molecule has 1 fully saturated rings. The lowest BCUT2D eigenvalue weighted by molar-refractivity contribution is -0.142. The number of para-hydroxylation sites is 1. The highest BCUT2D eigenvalue weighted by Gasteiger charge is 2.40. The maximum Gasteiger partial charge on any atom is 0.336 e. The van der Waals surface area contributed by atoms with E-state index in [-0.39, 0.29) is 18.5 Å². The molecule has 1 N–H and O–H groups in total. The lowest BCUT2D eigenvalue weighted by atomic mass is 9.75. The fraction of sp³-hybridized carbons (Fsp3) is 0.500. The van der Waals surface area contributed by atoms with Crippen LogP contribution in [0.5, 0.6) is 5.75 Å². The molecule has 2 aliphatic heterocycles. The minimum absolute atomic E-state index is 0.0494. The summed E-state index contributed by atoms with van der Waals surface area (Å²) in [6.45, 7) is 5.24. The van der Waals surface area contributed by atoms with Crippen molar-refractivity contribution in [3.05, 3.63) is 52.4 Å². The van der Waals surface area contributed by atoms with Gasteiger partial charge in [0.2, 0.25) is 0 Å². The normalized spacial score (nSPS) is 23.9. The fourth-order valence-electron chi connectivity index (χ4n) is 4.59. The van der Waals surface area contributed by atoms with Crippen LogP contribution in [-0.4, -0.2) is 37.7 Å². The molecule has 0 unspecified atom stereocenters. The molecule has 0 saturated carbocycles. The van der Waals surface area contributed by atoms with Crippen molar-refractivity contribution in [1.82, 2.24) is 5.32 Å². The summed E-state index contributed by atoms with van der Waals surface area (Å²) in [5.41, 5.74) is 3.62. The number of allylic oxidation sites excluding steroid dienone is 3. The summed E-state index contributed by atoms with van der Waals surface area (Å²) in [4.78, 5) is 26.2. The number of carbonyl (C=O) groups excluding carboxylic acids is 2. The molecule has 1 aromatic carbocycles. The molecule has 1 saturated heterocycles. The third-order valence-electron chi connectivity index (χ3n) is 5.95. The Bertz CT molecular complexity index is 895. The Hall–Kier alpha value is -2.60. The van der Waals surface area contributed by atoms with Crippen LogP contribution in [0.25, 0.3) is 0 Å². The number of hydrogen-bond acceptors (Lipinski definition) is 6. The second-order valence-corrected chi connectivity index (χ2v) is 7.97. The Kier molecular flexibility index (Phi) is 6.23. The van der Waals surface area contributed by atoms with Crippen LogP contribution >= 0.6 is 0 Å². The van der Waals surface area contributed by atoms with Gasteiger partial charge in [-0.3, -0.25) is 4.79 Å². The van der Waals surface area contributed by atoms with E-state index in [1.807, 2.05) is 38.1 Å². The molecule has 0 bridgehead atoms. The highest BCUT2D eigenvalue weighted by atomic mass is 16.6. The van der Waals surface area contributed by atoms with Crippen LogP contribution < -0.4 is 10.1 Å². The summed E-state index contributed by atoms with van der Waals surface area (Å²) >= 11 is 0. The number of ether oxygens (including phenoxy) is 3. The van der Waals surface area contributed by atoms with E-state index in [9.17, 15) is 9.59 Å². The van der Waals surface area contributed by atoms with Crippen LogP contribution in [-0.2, 0) is 19.1 Å². The summed E-state index contributed by atoms with van der Waals surface area (Å²) in [7, 11) is 0. The largest absolute Gasteiger partial charge is 0.494 e. The van der Waals surface area contributed by atoms with Gasteiger partial charge >= 0.3 is 5.97 Å². The van der Waals surface area contributed by atoms with Crippen molar-refractivity contribution >= 4 is 11.8 Å². The standard InChI is InChI=1S/C24H29NO5/c1-3-28-20-12-5-4-9-17(20)22-21(24(27)30-14-16-8-7-13-29-16)15(2)25-18-10-6-11-19(26)23(18)22/h4-5,9,12,16,22,25H,3,6-8,10-11,13-14H2,1-2H3/t16-,22+/m1/s1. The number of Topliss-reactive ketones (excluding diaryl/α,β-unsaturated/α-hetero) is 1.